The van der Waals surface area contributed by atoms with Crippen LogP contribution in [0.15, 0.2) is 36.4 Å². The zero-order valence-electron chi connectivity index (χ0n) is 13.6. The number of hydrogen-bond acceptors (Lipinski definition) is 3. The van der Waals surface area contributed by atoms with Crippen LogP contribution in [0.3, 0.4) is 0 Å². The van der Waals surface area contributed by atoms with Crippen molar-refractivity contribution in [3.05, 3.63) is 42.2 Å². The van der Waals surface area contributed by atoms with Gasteiger partial charge in [0.25, 0.3) is 0 Å². The smallest absolute Gasteiger partial charge is 0.315 e. The highest BCUT2D eigenvalue weighted by Gasteiger charge is 2.25. The third-order valence-electron chi connectivity index (χ3n) is 4.67. The van der Waals surface area contributed by atoms with Crippen molar-refractivity contribution in [2.75, 3.05) is 24.6 Å². The number of anilines is 1. The van der Waals surface area contributed by atoms with E-state index >= 15 is 0 Å². The number of carbonyl (C=O) groups is 1. The van der Waals surface area contributed by atoms with E-state index in [0.717, 1.165) is 25.8 Å². The Morgan fingerprint density at radius 2 is 2.12 bits per heavy atom. The molecule has 1 fully saturated rings. The fraction of sp³-hybridized carbons (Fsp3) is 0.500. The van der Waals surface area contributed by atoms with Crippen molar-refractivity contribution in [2.45, 2.75) is 31.3 Å². The number of halogens is 1. The molecule has 2 aliphatic rings. The van der Waals surface area contributed by atoms with Crippen LogP contribution in [0.4, 0.5) is 14.9 Å². The SMILES string of the molecule is O=C(NC1CCCN(c2ccccc2F)C1)N[C@@H]1C=C[C@H](CO)C1. The lowest BCUT2D eigenvalue weighted by Gasteiger charge is -2.35. The minimum atomic E-state index is -0.228. The summed E-state index contributed by atoms with van der Waals surface area (Å²) in [5.74, 6) is -0.102. The molecule has 130 valence electrons. The molecule has 0 aromatic heterocycles. The van der Waals surface area contributed by atoms with E-state index in [2.05, 4.69) is 10.6 Å². The average Bonchev–Trinajstić information content (AvgIpc) is 3.03. The molecule has 6 heteroatoms. The second kappa shape index (κ2) is 7.66. The molecule has 0 bridgehead atoms. The topological polar surface area (TPSA) is 64.6 Å². The summed E-state index contributed by atoms with van der Waals surface area (Å²) in [6.07, 6.45) is 6.39. The van der Waals surface area contributed by atoms with Gasteiger partial charge >= 0.3 is 6.03 Å². The van der Waals surface area contributed by atoms with Crippen molar-refractivity contribution in [1.82, 2.24) is 10.6 Å². The van der Waals surface area contributed by atoms with Gasteiger partial charge in [-0.3, -0.25) is 0 Å². The van der Waals surface area contributed by atoms with Gasteiger partial charge in [-0.2, -0.15) is 0 Å². The van der Waals surface area contributed by atoms with Gasteiger partial charge in [-0.25, -0.2) is 9.18 Å². The Morgan fingerprint density at radius 1 is 1.29 bits per heavy atom. The summed E-state index contributed by atoms with van der Waals surface area (Å²) in [4.78, 5) is 14.1. The Balaban J connectivity index is 1.51. The normalized spacial score (nSPS) is 26.4. The number of nitrogens with zero attached hydrogens (tertiary/aromatic N) is 1. The molecule has 1 aromatic rings. The molecule has 1 aliphatic heterocycles. The van der Waals surface area contributed by atoms with Gasteiger partial charge in [-0.05, 0) is 31.4 Å². The summed E-state index contributed by atoms with van der Waals surface area (Å²) in [7, 11) is 0. The molecule has 1 saturated heterocycles. The van der Waals surface area contributed by atoms with Gasteiger partial charge in [0.05, 0.1) is 5.69 Å². The monoisotopic (exact) mass is 333 g/mol. The number of nitrogens with one attached hydrogen (secondary N) is 2. The molecule has 1 heterocycles. The van der Waals surface area contributed by atoms with Gasteiger partial charge in [0.2, 0.25) is 0 Å². The van der Waals surface area contributed by atoms with E-state index in [1.807, 2.05) is 23.1 Å². The zero-order valence-corrected chi connectivity index (χ0v) is 13.6. The van der Waals surface area contributed by atoms with Crippen molar-refractivity contribution >= 4 is 11.7 Å². The van der Waals surface area contributed by atoms with Crippen LogP contribution in [0, 0.1) is 11.7 Å². The number of benzene rings is 1. The van der Waals surface area contributed by atoms with Crippen molar-refractivity contribution in [1.29, 1.82) is 0 Å². The number of aliphatic hydroxyl groups excluding tert-OH is 1. The molecular weight excluding hydrogens is 309 g/mol. The first-order valence-corrected chi connectivity index (χ1v) is 8.51. The van der Waals surface area contributed by atoms with Crippen LogP contribution in [0.25, 0.3) is 0 Å². The molecule has 1 unspecified atom stereocenters. The number of para-hydroxylation sites is 1. The molecule has 0 radical (unpaired) electrons. The second-order valence-electron chi connectivity index (χ2n) is 6.52. The van der Waals surface area contributed by atoms with E-state index in [9.17, 15) is 9.18 Å². The van der Waals surface area contributed by atoms with Crippen LogP contribution in [-0.2, 0) is 0 Å². The zero-order chi connectivity index (χ0) is 16.9. The van der Waals surface area contributed by atoms with Crippen LogP contribution in [-0.4, -0.2) is 42.9 Å². The van der Waals surface area contributed by atoms with Crippen LogP contribution < -0.4 is 15.5 Å². The summed E-state index contributed by atoms with van der Waals surface area (Å²) in [5, 5.41) is 15.0. The van der Waals surface area contributed by atoms with Gasteiger partial charge in [0, 0.05) is 37.7 Å². The van der Waals surface area contributed by atoms with Crippen LogP contribution in [0.2, 0.25) is 0 Å². The summed E-state index contributed by atoms with van der Waals surface area (Å²) >= 11 is 0. The fourth-order valence-electron chi connectivity index (χ4n) is 3.43. The molecule has 3 N–H and O–H groups in total. The maximum Gasteiger partial charge on any atom is 0.315 e. The largest absolute Gasteiger partial charge is 0.396 e. The third kappa shape index (κ3) is 4.06. The van der Waals surface area contributed by atoms with Gasteiger partial charge < -0.3 is 20.6 Å². The van der Waals surface area contributed by atoms with Gasteiger partial charge in [0.15, 0.2) is 0 Å². The fourth-order valence-corrected chi connectivity index (χ4v) is 3.43. The van der Waals surface area contributed by atoms with E-state index in [4.69, 9.17) is 5.11 Å². The molecular formula is C18H24FN3O2. The summed E-state index contributed by atoms with van der Waals surface area (Å²) in [6.45, 7) is 1.51. The number of carbonyl (C=O) groups excluding carboxylic acids is 1. The molecule has 0 saturated carbocycles. The third-order valence-corrected chi connectivity index (χ3v) is 4.67. The molecule has 3 rings (SSSR count). The number of aliphatic hydroxyl groups is 1. The Labute approximate surface area is 141 Å². The standard InChI is InChI=1S/C18H24FN3O2/c19-16-5-1-2-6-17(16)22-9-3-4-15(11-22)21-18(24)20-14-8-7-13(10-14)12-23/h1-2,5-8,13-15,23H,3-4,9-12H2,(H2,20,21,24)/t13-,14+,15?/m0/s1. The average molecular weight is 333 g/mol. The molecule has 1 aromatic carbocycles. The lowest BCUT2D eigenvalue weighted by Crippen LogP contribution is -2.52. The van der Waals surface area contributed by atoms with Gasteiger partial charge in [-0.15, -0.1) is 0 Å². The maximum absolute atomic E-state index is 13.9. The maximum atomic E-state index is 13.9. The molecule has 5 nitrogen and oxygen atoms in total. The second-order valence-corrected chi connectivity index (χ2v) is 6.52. The van der Waals surface area contributed by atoms with E-state index in [1.165, 1.54) is 6.07 Å². The number of piperidine rings is 1. The van der Waals surface area contributed by atoms with Crippen LogP contribution in [0.5, 0.6) is 0 Å². The minimum absolute atomic E-state index is 0.00243. The van der Waals surface area contributed by atoms with Crippen molar-refractivity contribution in [3.63, 3.8) is 0 Å². The van der Waals surface area contributed by atoms with Crippen molar-refractivity contribution < 1.29 is 14.3 Å². The quantitative estimate of drug-likeness (QED) is 0.739. The van der Waals surface area contributed by atoms with E-state index in [-0.39, 0.29) is 36.5 Å². The van der Waals surface area contributed by atoms with E-state index in [0.29, 0.717) is 12.2 Å². The Bertz CT molecular complexity index is 608. The van der Waals surface area contributed by atoms with Crippen LogP contribution in [0.1, 0.15) is 19.3 Å². The Morgan fingerprint density at radius 3 is 2.88 bits per heavy atom. The first kappa shape index (κ1) is 16.8. The highest BCUT2D eigenvalue weighted by Crippen LogP contribution is 2.23. The van der Waals surface area contributed by atoms with Gasteiger partial charge in [0.1, 0.15) is 5.82 Å². The van der Waals surface area contributed by atoms with Crippen LogP contribution >= 0.6 is 0 Å². The molecule has 24 heavy (non-hydrogen) atoms. The first-order valence-electron chi connectivity index (χ1n) is 8.51. The predicted octanol–water partition coefficient (Wildman–Crippen LogP) is 2.03. The molecule has 2 amide bonds. The lowest BCUT2D eigenvalue weighted by molar-refractivity contribution is 0.227. The van der Waals surface area contributed by atoms with E-state index < -0.39 is 0 Å². The highest BCUT2D eigenvalue weighted by atomic mass is 19.1. The first-order chi connectivity index (χ1) is 11.7. The van der Waals surface area contributed by atoms with E-state index in [1.54, 1.807) is 12.1 Å². The minimum Gasteiger partial charge on any atom is -0.396 e. The molecule has 0 spiro atoms. The van der Waals surface area contributed by atoms with Crippen molar-refractivity contribution in [3.8, 4) is 0 Å². The summed E-state index contributed by atoms with van der Waals surface area (Å²) in [5.41, 5.74) is 0.592. The predicted molar refractivity (Wildman–Crippen MR) is 91.4 cm³/mol. The van der Waals surface area contributed by atoms with Gasteiger partial charge in [-0.1, -0.05) is 24.3 Å². The van der Waals surface area contributed by atoms with Crippen molar-refractivity contribution in [2.24, 2.45) is 5.92 Å². The summed E-state index contributed by atoms with van der Waals surface area (Å²) in [6, 6.07) is 6.50. The number of rotatable bonds is 4. The molecule has 3 atom stereocenters. The Hall–Kier alpha value is -2.08. The lowest BCUT2D eigenvalue weighted by atomic mass is 10.0. The highest BCUT2D eigenvalue weighted by molar-refractivity contribution is 5.75. The number of urea groups is 1. The Kier molecular flexibility index (Phi) is 5.35. The number of hydrogen-bond donors (Lipinski definition) is 3. The number of amides is 2. The summed E-state index contributed by atoms with van der Waals surface area (Å²) < 4.78 is 13.9. The molecule has 1 aliphatic carbocycles.